The number of hydrazine groups is 2. The van der Waals surface area contributed by atoms with Crippen molar-refractivity contribution in [3.8, 4) is 34.5 Å². The summed E-state index contributed by atoms with van der Waals surface area (Å²) in [5, 5.41) is 9.09. The Hall–Kier alpha value is -6.64. The van der Waals surface area contributed by atoms with Crippen molar-refractivity contribution in [2.45, 2.75) is 131 Å². The zero-order valence-corrected chi connectivity index (χ0v) is 43.5. The van der Waals surface area contributed by atoms with Crippen LogP contribution in [0.2, 0.25) is 0 Å². The van der Waals surface area contributed by atoms with Crippen molar-refractivity contribution < 1.29 is 71.9 Å². The molecule has 4 rings (SSSR count). The maximum absolute atomic E-state index is 12.8. The average Bonchev–Trinajstić information content (AvgIpc) is 3.39. The number of hydrogen-bond donors (Lipinski definition) is 5. The van der Waals surface area contributed by atoms with Crippen LogP contribution >= 0.6 is 0 Å². The second kappa shape index (κ2) is 28.9. The van der Waals surface area contributed by atoms with Crippen LogP contribution < -0.4 is 50.5 Å². The van der Waals surface area contributed by atoms with Crippen LogP contribution in [0.4, 0.5) is 0 Å². The van der Waals surface area contributed by atoms with Gasteiger partial charge < -0.3 is 43.3 Å². The first-order valence-corrected chi connectivity index (χ1v) is 23.7. The van der Waals surface area contributed by atoms with E-state index in [9.17, 15) is 38.4 Å². The Kier molecular flexibility index (Phi) is 24.6. The van der Waals surface area contributed by atoms with E-state index in [1.54, 1.807) is 61.2 Å². The molecule has 2 fully saturated rings. The van der Waals surface area contributed by atoms with Crippen LogP contribution in [0, 0.1) is 10.8 Å². The monoisotopic (exact) mass is 1000 g/mol. The van der Waals surface area contributed by atoms with Crippen molar-refractivity contribution in [2.24, 2.45) is 16.7 Å². The standard InChI is InChI=1S/C25H37N3O7.C13H21NO4.C12H18N2O4/c1-7-25(2,3)22(30)24(32)28-13-9-8-10-17(28)23(31)27-26-20(29)12-11-16-14-18(33-4)21(35-6)19(15-16)34-5;1-4-13(2,3)10(15)11(16)14-8-6-5-7-9(14)12(17)18;1-16-9-6-8(4-5-11(15)14-13)7-10(17-2)12(9)18-3/h14-15,17H,7-13H2,1-6H3,(H,26,29)(H,27,31);9H,4-8H2,1-3H3,(H,17,18);6-7H,4-5,13H2,1-3H3,(H,14,15)/t17-;9-;/m00./s1. The Morgan fingerprint density at radius 1 is 0.577 bits per heavy atom. The summed E-state index contributed by atoms with van der Waals surface area (Å²) in [5.74, 6) is 3.69. The number of carbonyl (C=O) groups is 8. The van der Waals surface area contributed by atoms with Gasteiger partial charge in [-0.05, 0) is 99.6 Å². The Labute approximate surface area is 417 Å². The first kappa shape index (κ1) is 60.5. The number of ketones is 2. The van der Waals surface area contributed by atoms with Gasteiger partial charge in [-0.3, -0.25) is 49.8 Å². The summed E-state index contributed by atoms with van der Waals surface area (Å²) in [6, 6.07) is 5.49. The average molecular weight is 1000 g/mol. The van der Waals surface area contributed by atoms with Gasteiger partial charge in [-0.1, -0.05) is 41.5 Å². The normalized spacial score (nSPS) is 15.5. The van der Waals surface area contributed by atoms with Gasteiger partial charge >= 0.3 is 5.97 Å². The fourth-order valence-electron chi connectivity index (χ4n) is 7.46. The van der Waals surface area contributed by atoms with E-state index in [1.807, 2.05) is 26.0 Å². The number of piperidine rings is 2. The Bertz CT molecular complexity index is 2130. The van der Waals surface area contributed by atoms with Gasteiger partial charge in [0.2, 0.25) is 34.9 Å². The molecule has 2 aliphatic heterocycles. The molecule has 2 saturated heterocycles. The molecule has 0 aliphatic carbocycles. The van der Waals surface area contributed by atoms with E-state index in [2.05, 4.69) is 16.3 Å². The molecule has 2 aliphatic rings. The van der Waals surface area contributed by atoms with E-state index in [0.29, 0.717) is 92.5 Å². The maximum Gasteiger partial charge on any atom is 0.326 e. The van der Waals surface area contributed by atoms with Gasteiger partial charge in [0, 0.05) is 36.8 Å². The molecule has 0 aromatic heterocycles. The number of benzene rings is 2. The molecule has 71 heavy (non-hydrogen) atoms. The number of carboxylic acid groups (broad SMARTS) is 1. The molecule has 5 amide bonds. The third-order valence-corrected chi connectivity index (χ3v) is 12.7. The molecule has 396 valence electrons. The quantitative estimate of drug-likeness (QED) is 0.0536. The molecule has 21 heteroatoms. The third-order valence-electron chi connectivity index (χ3n) is 12.7. The second-order valence-corrected chi connectivity index (χ2v) is 18.2. The highest BCUT2D eigenvalue weighted by Gasteiger charge is 2.41. The summed E-state index contributed by atoms with van der Waals surface area (Å²) < 4.78 is 31.6. The number of rotatable bonds is 20. The van der Waals surface area contributed by atoms with Gasteiger partial charge in [-0.2, -0.15) is 0 Å². The summed E-state index contributed by atoms with van der Waals surface area (Å²) in [5.41, 5.74) is 7.10. The Morgan fingerprint density at radius 3 is 1.28 bits per heavy atom. The predicted octanol–water partition coefficient (Wildman–Crippen LogP) is 4.27. The summed E-state index contributed by atoms with van der Waals surface area (Å²) in [6.07, 6.45) is 6.25. The molecule has 0 spiro atoms. The van der Waals surface area contributed by atoms with Crippen molar-refractivity contribution in [3.63, 3.8) is 0 Å². The van der Waals surface area contributed by atoms with Gasteiger partial charge in [-0.15, -0.1) is 0 Å². The molecular weight excluding hydrogens is 925 g/mol. The number of nitrogens with one attached hydrogen (secondary N) is 3. The van der Waals surface area contributed by atoms with Crippen LogP contribution in [0.25, 0.3) is 0 Å². The molecule has 6 N–H and O–H groups in total. The first-order valence-electron chi connectivity index (χ1n) is 23.7. The lowest BCUT2D eigenvalue weighted by Crippen LogP contribution is -2.57. The zero-order valence-electron chi connectivity index (χ0n) is 43.5. The number of likely N-dealkylation sites (tertiary alicyclic amines) is 2. The highest BCUT2D eigenvalue weighted by atomic mass is 16.5. The van der Waals surface area contributed by atoms with Gasteiger partial charge in [-0.25, -0.2) is 10.6 Å². The number of amides is 5. The minimum atomic E-state index is -1.02. The number of Topliss-reactive ketones (excluding diaryl/α,β-unsaturated/α-hetero) is 2. The predicted molar refractivity (Wildman–Crippen MR) is 262 cm³/mol. The number of carbonyl (C=O) groups excluding carboxylic acids is 7. The van der Waals surface area contributed by atoms with E-state index < -0.39 is 64.1 Å². The van der Waals surface area contributed by atoms with Crippen LogP contribution in [0.15, 0.2) is 24.3 Å². The van der Waals surface area contributed by atoms with Crippen molar-refractivity contribution in [1.82, 2.24) is 26.1 Å². The summed E-state index contributed by atoms with van der Waals surface area (Å²) in [7, 11) is 9.18. The van der Waals surface area contributed by atoms with Crippen LogP contribution in [0.3, 0.4) is 0 Å². The molecule has 2 atom stereocenters. The SMILES string of the molecule is CCC(C)(C)C(=O)C(=O)N1CCCC[C@H]1C(=O)NNC(=O)CCc1cc(OC)c(OC)c(OC)c1.CCC(C)(C)C(=O)C(=O)N1CCCC[C@H]1C(=O)O.COc1cc(CCC(=O)NN)cc(OC)c1OC. The van der Waals surface area contributed by atoms with E-state index in [4.69, 9.17) is 39.4 Å². The van der Waals surface area contributed by atoms with E-state index in [-0.39, 0.29) is 12.3 Å². The molecule has 0 radical (unpaired) electrons. The van der Waals surface area contributed by atoms with Crippen molar-refractivity contribution in [1.29, 1.82) is 0 Å². The van der Waals surface area contributed by atoms with Crippen LogP contribution in [0.5, 0.6) is 34.5 Å². The molecule has 0 bridgehead atoms. The van der Waals surface area contributed by atoms with Crippen molar-refractivity contribution in [2.75, 3.05) is 55.7 Å². The summed E-state index contributed by atoms with van der Waals surface area (Å²) >= 11 is 0. The smallest absolute Gasteiger partial charge is 0.326 e. The molecule has 21 nitrogen and oxygen atoms in total. The molecular formula is C50H76N6O15. The van der Waals surface area contributed by atoms with Gasteiger partial charge in [0.15, 0.2) is 23.0 Å². The lowest BCUT2D eigenvalue weighted by atomic mass is 9.84. The molecule has 2 aromatic rings. The topological polar surface area (TPSA) is 281 Å². The number of carboxylic acids is 1. The van der Waals surface area contributed by atoms with Gasteiger partial charge in [0.1, 0.15) is 12.1 Å². The lowest BCUT2D eigenvalue weighted by molar-refractivity contribution is -0.158. The largest absolute Gasteiger partial charge is 0.493 e. The van der Waals surface area contributed by atoms with Crippen molar-refractivity contribution >= 4 is 47.1 Å². The second-order valence-electron chi connectivity index (χ2n) is 18.2. The van der Waals surface area contributed by atoms with Gasteiger partial charge in [0.05, 0.1) is 42.7 Å². The lowest BCUT2D eigenvalue weighted by Gasteiger charge is -2.35. The van der Waals surface area contributed by atoms with E-state index >= 15 is 0 Å². The number of nitrogens with two attached hydrogens (primary N) is 1. The first-order chi connectivity index (χ1) is 33.6. The maximum atomic E-state index is 12.8. The number of ether oxygens (including phenoxy) is 6. The number of aliphatic carboxylic acids is 1. The summed E-state index contributed by atoms with van der Waals surface area (Å²) in [4.78, 5) is 99.7. The van der Waals surface area contributed by atoms with E-state index in [0.717, 1.165) is 36.8 Å². The molecule has 0 saturated carbocycles. The van der Waals surface area contributed by atoms with Crippen LogP contribution in [0.1, 0.15) is 117 Å². The van der Waals surface area contributed by atoms with Crippen LogP contribution in [-0.2, 0) is 51.2 Å². The highest BCUT2D eigenvalue weighted by Crippen LogP contribution is 2.39. The van der Waals surface area contributed by atoms with E-state index in [1.165, 1.54) is 31.1 Å². The third kappa shape index (κ3) is 17.0. The van der Waals surface area contributed by atoms with Crippen LogP contribution in [-0.4, -0.2) is 130 Å². The Balaban J connectivity index is 0.000000403. The minimum absolute atomic E-state index is 0.0927. The fourth-order valence-corrected chi connectivity index (χ4v) is 7.46. The fraction of sp³-hybridized carbons (Fsp3) is 0.600. The molecule has 0 unspecified atom stereocenters. The highest BCUT2D eigenvalue weighted by molar-refractivity contribution is 6.38. The van der Waals surface area contributed by atoms with Gasteiger partial charge in [0.25, 0.3) is 17.7 Å². The number of nitrogens with zero attached hydrogens (tertiary/aromatic N) is 2. The molecule has 2 heterocycles. The number of aryl methyl sites for hydroxylation is 2. The van der Waals surface area contributed by atoms with Crippen molar-refractivity contribution in [3.05, 3.63) is 35.4 Å². The minimum Gasteiger partial charge on any atom is -0.493 e. The molecule has 2 aromatic carbocycles. The zero-order chi connectivity index (χ0) is 53.6. The number of hydrogen-bond acceptors (Lipinski definition) is 15. The summed E-state index contributed by atoms with van der Waals surface area (Å²) in [6.45, 7) is 11.3. The Morgan fingerprint density at radius 2 is 0.944 bits per heavy atom. The number of methoxy groups -OCH3 is 6.